The summed E-state index contributed by atoms with van der Waals surface area (Å²) in [5.41, 5.74) is 2.47. The molecule has 1 heterocycles. The van der Waals surface area contributed by atoms with Crippen LogP contribution in [0.15, 0.2) is 48.5 Å². The zero-order valence-electron chi connectivity index (χ0n) is 13.3. The van der Waals surface area contributed by atoms with Gasteiger partial charge in [-0.3, -0.25) is 4.79 Å². The summed E-state index contributed by atoms with van der Waals surface area (Å²) in [5, 5.41) is 3.69. The molecule has 24 heavy (non-hydrogen) atoms. The second kappa shape index (κ2) is 7.73. The molecular formula is C18H18ClN3OS. The third-order valence-corrected chi connectivity index (χ3v) is 4.66. The number of hydrogen-bond donors (Lipinski definition) is 2. The van der Waals surface area contributed by atoms with Gasteiger partial charge in [0.25, 0.3) is 5.91 Å². The number of carbonyl (C=O) groups excluding carboxylic acids is 1. The normalized spacial score (nSPS) is 12.2. The minimum atomic E-state index is -0.159. The molecule has 3 rings (SSSR count). The van der Waals surface area contributed by atoms with Crippen molar-refractivity contribution in [2.75, 3.05) is 12.0 Å². The van der Waals surface area contributed by atoms with E-state index in [0.717, 1.165) is 29.0 Å². The molecule has 1 amide bonds. The Morgan fingerprint density at radius 2 is 2.00 bits per heavy atom. The van der Waals surface area contributed by atoms with Crippen LogP contribution in [0.3, 0.4) is 0 Å². The van der Waals surface area contributed by atoms with Gasteiger partial charge in [-0.05, 0) is 54.8 Å². The van der Waals surface area contributed by atoms with Gasteiger partial charge in [0.1, 0.15) is 5.82 Å². The van der Waals surface area contributed by atoms with Gasteiger partial charge < -0.3 is 10.3 Å². The molecule has 2 aromatic carbocycles. The third kappa shape index (κ3) is 3.91. The van der Waals surface area contributed by atoms with Crippen molar-refractivity contribution in [3.63, 3.8) is 0 Å². The molecular weight excluding hydrogens is 342 g/mol. The molecule has 6 heteroatoms. The smallest absolute Gasteiger partial charge is 0.251 e. The van der Waals surface area contributed by atoms with E-state index < -0.39 is 0 Å². The zero-order chi connectivity index (χ0) is 16.9. The molecule has 1 aromatic heterocycles. The fraction of sp³-hybridized carbons (Fsp3) is 0.222. The molecule has 3 aromatic rings. The fourth-order valence-corrected chi connectivity index (χ4v) is 3.09. The number of aromatic nitrogens is 2. The zero-order valence-corrected chi connectivity index (χ0v) is 14.8. The molecule has 0 unspecified atom stereocenters. The predicted molar refractivity (Wildman–Crippen MR) is 101 cm³/mol. The molecule has 0 radical (unpaired) electrons. The van der Waals surface area contributed by atoms with E-state index in [0.29, 0.717) is 10.6 Å². The van der Waals surface area contributed by atoms with Gasteiger partial charge in [-0.1, -0.05) is 23.7 Å². The lowest BCUT2D eigenvalue weighted by atomic mass is 10.1. The van der Waals surface area contributed by atoms with Crippen molar-refractivity contribution in [1.29, 1.82) is 0 Å². The maximum absolute atomic E-state index is 12.5. The topological polar surface area (TPSA) is 57.8 Å². The summed E-state index contributed by atoms with van der Waals surface area (Å²) in [7, 11) is 0. The summed E-state index contributed by atoms with van der Waals surface area (Å²) < 4.78 is 0. The first kappa shape index (κ1) is 16.9. The number of halogens is 1. The Morgan fingerprint density at radius 1 is 1.25 bits per heavy atom. The number of imidazole rings is 1. The third-order valence-electron chi connectivity index (χ3n) is 3.76. The molecule has 4 nitrogen and oxygen atoms in total. The first-order valence-corrected chi connectivity index (χ1v) is 9.44. The number of amides is 1. The van der Waals surface area contributed by atoms with Crippen molar-refractivity contribution < 1.29 is 4.79 Å². The van der Waals surface area contributed by atoms with Crippen LogP contribution in [0.5, 0.6) is 0 Å². The van der Waals surface area contributed by atoms with Crippen molar-refractivity contribution in [3.8, 4) is 0 Å². The number of nitrogens with one attached hydrogen (secondary N) is 2. The van der Waals surface area contributed by atoms with E-state index in [2.05, 4.69) is 21.5 Å². The Hall–Kier alpha value is -1.98. The summed E-state index contributed by atoms with van der Waals surface area (Å²) in [6, 6.07) is 14.6. The molecule has 0 saturated carbocycles. The van der Waals surface area contributed by atoms with Gasteiger partial charge in [-0.25, -0.2) is 4.98 Å². The number of hydrogen-bond acceptors (Lipinski definition) is 3. The van der Waals surface area contributed by atoms with Crippen molar-refractivity contribution in [3.05, 3.63) is 64.9 Å². The molecule has 0 fully saturated rings. The van der Waals surface area contributed by atoms with Crippen molar-refractivity contribution in [2.45, 2.75) is 12.5 Å². The minimum absolute atomic E-state index is 0.127. The number of thioether (sulfide) groups is 1. The summed E-state index contributed by atoms with van der Waals surface area (Å²) >= 11 is 7.63. The molecule has 2 N–H and O–H groups in total. The van der Waals surface area contributed by atoms with Crippen LogP contribution in [0.2, 0.25) is 5.02 Å². The minimum Gasteiger partial charge on any atom is -0.342 e. The largest absolute Gasteiger partial charge is 0.342 e. The lowest BCUT2D eigenvalue weighted by molar-refractivity contribution is 0.0934. The van der Waals surface area contributed by atoms with E-state index in [-0.39, 0.29) is 11.9 Å². The van der Waals surface area contributed by atoms with Gasteiger partial charge >= 0.3 is 0 Å². The molecule has 0 saturated heterocycles. The van der Waals surface area contributed by atoms with E-state index in [9.17, 15) is 4.79 Å². The van der Waals surface area contributed by atoms with Gasteiger partial charge in [0, 0.05) is 10.6 Å². The quantitative estimate of drug-likeness (QED) is 0.684. The Bertz CT molecular complexity index is 799. The van der Waals surface area contributed by atoms with E-state index in [1.54, 1.807) is 36.0 Å². The second-order valence-electron chi connectivity index (χ2n) is 5.45. The average molecular weight is 360 g/mol. The van der Waals surface area contributed by atoms with Crippen molar-refractivity contribution in [1.82, 2.24) is 15.3 Å². The summed E-state index contributed by atoms with van der Waals surface area (Å²) in [4.78, 5) is 20.5. The van der Waals surface area contributed by atoms with Crippen LogP contribution in [-0.2, 0) is 0 Å². The Kier molecular flexibility index (Phi) is 5.43. The number of fused-ring (bicyclic) bond motifs is 1. The molecule has 0 spiro atoms. The van der Waals surface area contributed by atoms with Gasteiger partial charge in [0.2, 0.25) is 0 Å². The SMILES string of the molecule is CSCC[C@@H](NC(=O)c1ccc(Cl)cc1)c1nc2ccccc2[nH]1. The lowest BCUT2D eigenvalue weighted by Gasteiger charge is -2.16. The average Bonchev–Trinajstić information content (AvgIpc) is 3.03. The first-order valence-electron chi connectivity index (χ1n) is 7.67. The van der Waals surface area contributed by atoms with Crippen LogP contribution in [0, 0.1) is 0 Å². The van der Waals surface area contributed by atoms with Crippen LogP contribution in [0.1, 0.15) is 28.6 Å². The van der Waals surface area contributed by atoms with Crippen LogP contribution in [0.25, 0.3) is 11.0 Å². The molecule has 0 bridgehead atoms. The fourth-order valence-electron chi connectivity index (χ4n) is 2.49. The van der Waals surface area contributed by atoms with Crippen molar-refractivity contribution in [2.24, 2.45) is 0 Å². The second-order valence-corrected chi connectivity index (χ2v) is 6.88. The van der Waals surface area contributed by atoms with E-state index >= 15 is 0 Å². The molecule has 0 aliphatic heterocycles. The van der Waals surface area contributed by atoms with Gasteiger partial charge in [0.05, 0.1) is 17.1 Å². The Morgan fingerprint density at radius 3 is 2.71 bits per heavy atom. The van der Waals surface area contributed by atoms with Gasteiger partial charge in [0.15, 0.2) is 0 Å². The number of para-hydroxylation sites is 2. The molecule has 124 valence electrons. The maximum Gasteiger partial charge on any atom is 0.251 e. The highest BCUT2D eigenvalue weighted by Crippen LogP contribution is 2.21. The van der Waals surface area contributed by atoms with Crippen molar-refractivity contribution >= 4 is 40.3 Å². The standard InChI is InChI=1S/C18H18ClN3OS/c1-24-11-10-16(17-20-14-4-2-3-5-15(14)21-17)22-18(23)12-6-8-13(19)9-7-12/h2-9,16H,10-11H2,1H3,(H,20,21)(H,22,23)/t16-/m1/s1. The van der Waals surface area contributed by atoms with Crippen LogP contribution in [0.4, 0.5) is 0 Å². The monoisotopic (exact) mass is 359 g/mol. The lowest BCUT2D eigenvalue weighted by Crippen LogP contribution is -2.29. The summed E-state index contributed by atoms with van der Waals surface area (Å²) in [6.45, 7) is 0. The van der Waals surface area contributed by atoms with E-state index in [1.807, 2.05) is 24.3 Å². The first-order chi connectivity index (χ1) is 11.7. The van der Waals surface area contributed by atoms with Crippen LogP contribution >= 0.6 is 23.4 Å². The number of H-pyrrole nitrogens is 1. The molecule has 1 atom stereocenters. The highest BCUT2D eigenvalue weighted by Gasteiger charge is 2.19. The van der Waals surface area contributed by atoms with Gasteiger partial charge in [-0.15, -0.1) is 0 Å². The molecule has 0 aliphatic rings. The summed E-state index contributed by atoms with van der Waals surface area (Å²) in [6.07, 6.45) is 2.86. The number of aromatic amines is 1. The number of nitrogens with zero attached hydrogens (tertiary/aromatic N) is 1. The predicted octanol–water partition coefficient (Wildman–Crippen LogP) is 4.44. The maximum atomic E-state index is 12.5. The number of carbonyl (C=O) groups is 1. The highest BCUT2D eigenvalue weighted by atomic mass is 35.5. The van der Waals surface area contributed by atoms with E-state index in [1.165, 1.54) is 0 Å². The van der Waals surface area contributed by atoms with Crippen LogP contribution < -0.4 is 5.32 Å². The number of rotatable bonds is 6. The van der Waals surface area contributed by atoms with E-state index in [4.69, 9.17) is 11.6 Å². The Labute approximate surface area is 150 Å². The molecule has 0 aliphatic carbocycles. The van der Waals surface area contributed by atoms with Crippen LogP contribution in [-0.4, -0.2) is 27.9 Å². The van der Waals surface area contributed by atoms with Gasteiger partial charge in [-0.2, -0.15) is 11.8 Å². The highest BCUT2D eigenvalue weighted by molar-refractivity contribution is 7.98. The number of benzene rings is 2. The summed E-state index contributed by atoms with van der Waals surface area (Å²) in [5.74, 6) is 1.59. The Balaban J connectivity index is 1.83.